The van der Waals surface area contributed by atoms with Crippen LogP contribution in [0.2, 0.25) is 0 Å². The summed E-state index contributed by atoms with van der Waals surface area (Å²) in [7, 11) is 1.46. The molecule has 0 saturated heterocycles. The van der Waals surface area contributed by atoms with E-state index in [0.717, 1.165) is 103 Å². The molecule has 3 atom stereocenters. The maximum Gasteiger partial charge on any atom is 0.472 e. The molecule has 0 rings (SSSR count). The number of esters is 1. The maximum atomic E-state index is 13.5. The van der Waals surface area contributed by atoms with E-state index in [1.807, 2.05) is 33.3 Å². The monoisotopic (exact) mass is 1010 g/mol. The van der Waals surface area contributed by atoms with Gasteiger partial charge >= 0.3 is 13.8 Å². The largest absolute Gasteiger partial charge is 0.472 e. The van der Waals surface area contributed by atoms with Crippen molar-refractivity contribution in [2.24, 2.45) is 0 Å². The Bertz CT molecular complexity index is 1490. The van der Waals surface area contributed by atoms with Gasteiger partial charge in [0.25, 0.3) is 0 Å². The van der Waals surface area contributed by atoms with Gasteiger partial charge in [-0.15, -0.1) is 0 Å². The summed E-state index contributed by atoms with van der Waals surface area (Å²) >= 11 is 0. The number of quaternary nitrogens is 1. The highest BCUT2D eigenvalue weighted by molar-refractivity contribution is 7.47. The molecule has 0 bridgehead atoms. The topological polar surface area (TPSA) is 111 Å². The Labute approximate surface area is 437 Å². The van der Waals surface area contributed by atoms with Crippen LogP contribution in [0.15, 0.2) is 85.1 Å². The number of carbonyl (C=O) groups excluding carboxylic acids is 2. The van der Waals surface area contributed by atoms with E-state index in [1.54, 1.807) is 0 Å². The highest BCUT2D eigenvalue weighted by Gasteiger charge is 2.30. The Balaban J connectivity index is 5.37. The minimum absolute atomic E-state index is 0.0304. The van der Waals surface area contributed by atoms with Crippen LogP contribution in [0.4, 0.5) is 0 Å². The second kappa shape index (κ2) is 50.7. The first-order valence-corrected chi connectivity index (χ1v) is 30.4. The van der Waals surface area contributed by atoms with E-state index >= 15 is 0 Å². The number of hydrogen-bond donors (Lipinski definition) is 2. The van der Waals surface area contributed by atoms with E-state index in [9.17, 15) is 19.0 Å². The van der Waals surface area contributed by atoms with Gasteiger partial charge in [0.1, 0.15) is 19.3 Å². The van der Waals surface area contributed by atoms with Crippen LogP contribution in [0.5, 0.6) is 0 Å². The van der Waals surface area contributed by atoms with Gasteiger partial charge in [-0.1, -0.05) is 209 Å². The molecule has 0 aromatic rings. The molecule has 0 saturated carbocycles. The average Bonchev–Trinajstić information content (AvgIpc) is 3.33. The Hall–Kier alpha value is -2.81. The molecule has 0 spiro atoms. The third kappa shape index (κ3) is 51.9. The Morgan fingerprint density at radius 3 is 1.39 bits per heavy atom. The third-order valence-corrected chi connectivity index (χ3v) is 13.3. The first-order chi connectivity index (χ1) is 34.4. The SMILES string of the molecule is CC/C=C\C/C=C\C/C=C\C/C=C\C/C=C\CCCCCC(=O)OC(/C=C/CCCCCCCCCCC)C(COP(=O)(O)OCC[N+](C)(C)C)NC(=O)CCCCCCCCC/C=C\CCCCCC. The molecule has 2 N–H and O–H groups in total. The van der Waals surface area contributed by atoms with Crippen molar-refractivity contribution in [3.05, 3.63) is 85.1 Å². The van der Waals surface area contributed by atoms with Crippen LogP contribution in [-0.4, -0.2) is 74.3 Å². The van der Waals surface area contributed by atoms with Gasteiger partial charge in [-0.25, -0.2) is 4.57 Å². The third-order valence-electron chi connectivity index (χ3n) is 12.3. The van der Waals surface area contributed by atoms with Crippen molar-refractivity contribution in [2.45, 2.75) is 251 Å². The lowest BCUT2D eigenvalue weighted by atomic mass is 10.1. The maximum absolute atomic E-state index is 13.5. The molecule has 0 aliphatic carbocycles. The molecule has 0 aromatic heterocycles. The molecular weight excluding hydrogens is 904 g/mol. The quantitative estimate of drug-likeness (QED) is 0.0205. The van der Waals surface area contributed by atoms with Crippen molar-refractivity contribution in [2.75, 3.05) is 40.9 Å². The van der Waals surface area contributed by atoms with Gasteiger partial charge in [0.15, 0.2) is 0 Å². The van der Waals surface area contributed by atoms with E-state index in [1.165, 1.54) is 96.3 Å². The minimum Gasteiger partial charge on any atom is -0.456 e. The van der Waals surface area contributed by atoms with Crippen LogP contribution in [-0.2, 0) is 27.9 Å². The fourth-order valence-electron chi connectivity index (χ4n) is 7.84. The second-order valence-corrected chi connectivity index (χ2v) is 21.9. The summed E-state index contributed by atoms with van der Waals surface area (Å²) in [5.41, 5.74) is 0. The lowest BCUT2D eigenvalue weighted by Crippen LogP contribution is -2.47. The fraction of sp³-hybridized carbons (Fsp3) is 0.738. The lowest BCUT2D eigenvalue weighted by Gasteiger charge is -2.27. The summed E-state index contributed by atoms with van der Waals surface area (Å²) in [6.07, 6.45) is 65.7. The molecule has 71 heavy (non-hydrogen) atoms. The number of hydrogen-bond acceptors (Lipinski definition) is 6. The zero-order valence-electron chi connectivity index (χ0n) is 46.7. The zero-order valence-corrected chi connectivity index (χ0v) is 47.6. The lowest BCUT2D eigenvalue weighted by molar-refractivity contribution is -0.870. The van der Waals surface area contributed by atoms with Crippen LogP contribution in [0.1, 0.15) is 239 Å². The van der Waals surface area contributed by atoms with Crippen LogP contribution in [0, 0.1) is 0 Å². The average molecular weight is 1010 g/mol. The Morgan fingerprint density at radius 1 is 0.507 bits per heavy atom. The van der Waals surface area contributed by atoms with E-state index < -0.39 is 20.0 Å². The van der Waals surface area contributed by atoms with Crippen LogP contribution >= 0.6 is 7.82 Å². The van der Waals surface area contributed by atoms with Crippen molar-refractivity contribution < 1.29 is 37.3 Å². The first kappa shape index (κ1) is 68.2. The fourth-order valence-corrected chi connectivity index (χ4v) is 8.58. The summed E-state index contributed by atoms with van der Waals surface area (Å²) < 4.78 is 30.6. The molecule has 10 heteroatoms. The van der Waals surface area contributed by atoms with Gasteiger partial charge in [0.2, 0.25) is 5.91 Å². The molecular formula is C61H110N2O7P+. The van der Waals surface area contributed by atoms with Gasteiger partial charge in [0.05, 0.1) is 33.8 Å². The number of likely N-dealkylation sites (N-methyl/N-ethyl adjacent to an activating group) is 1. The molecule has 9 nitrogen and oxygen atoms in total. The highest BCUT2D eigenvalue weighted by Crippen LogP contribution is 2.43. The molecule has 0 fully saturated rings. The van der Waals surface area contributed by atoms with Crippen LogP contribution in [0.25, 0.3) is 0 Å². The number of allylic oxidation sites excluding steroid dienone is 13. The van der Waals surface area contributed by atoms with Gasteiger partial charge in [-0.2, -0.15) is 0 Å². The number of amides is 1. The smallest absolute Gasteiger partial charge is 0.456 e. The van der Waals surface area contributed by atoms with Crippen LogP contribution in [0.3, 0.4) is 0 Å². The van der Waals surface area contributed by atoms with Crippen LogP contribution < -0.4 is 5.32 Å². The van der Waals surface area contributed by atoms with Crippen molar-refractivity contribution in [1.29, 1.82) is 0 Å². The van der Waals surface area contributed by atoms with Crippen molar-refractivity contribution in [3.63, 3.8) is 0 Å². The van der Waals surface area contributed by atoms with Gasteiger partial charge in [-0.05, 0) is 102 Å². The zero-order chi connectivity index (χ0) is 52.2. The van der Waals surface area contributed by atoms with Crippen molar-refractivity contribution in [3.8, 4) is 0 Å². The summed E-state index contributed by atoms with van der Waals surface area (Å²) in [6.45, 7) is 6.84. The molecule has 0 radical (unpaired) electrons. The predicted molar refractivity (Wildman–Crippen MR) is 304 cm³/mol. The summed E-state index contributed by atoms with van der Waals surface area (Å²) in [6, 6.07) is -0.867. The summed E-state index contributed by atoms with van der Waals surface area (Å²) in [4.78, 5) is 37.6. The minimum atomic E-state index is -4.46. The normalized spacial score (nSPS) is 14.4. The number of ether oxygens (including phenoxy) is 1. The van der Waals surface area contributed by atoms with E-state index in [2.05, 4.69) is 99.0 Å². The van der Waals surface area contributed by atoms with Gasteiger partial charge in [-0.3, -0.25) is 18.6 Å². The second-order valence-electron chi connectivity index (χ2n) is 20.4. The number of unbranched alkanes of at least 4 members (excludes halogenated alkanes) is 23. The molecule has 410 valence electrons. The Morgan fingerprint density at radius 2 is 0.901 bits per heavy atom. The van der Waals surface area contributed by atoms with Gasteiger partial charge in [0, 0.05) is 12.8 Å². The first-order valence-electron chi connectivity index (χ1n) is 28.9. The standard InChI is InChI=1S/C61H109N2O7P/c1-7-10-13-16-19-22-25-27-29-30-31-32-34-36-39-42-45-48-51-54-61(65)70-59(52-49-46-43-40-37-24-21-18-15-12-9-3)58(57-69-71(66,67)68-56-55-63(4,5)6)62-60(64)53-50-47-44-41-38-35-33-28-26-23-20-17-14-11-8-2/h10,13,19,22-23,26-27,29,31-32,36,39,49,52,58-59H,7-9,11-12,14-18,20-21,24-25,28,30,33-35,37-38,40-48,50-51,53-57H2,1-6H3,(H-,62,64,66,67)/p+1/b13-10-,22-19-,26-23-,29-27-,32-31-,39-36-,52-49+. The molecule has 1 amide bonds. The number of nitrogens with zero attached hydrogens (tertiary/aromatic N) is 1. The molecule has 0 heterocycles. The number of rotatable bonds is 51. The molecule has 0 aliphatic rings. The Kier molecular flexibility index (Phi) is 48.7. The van der Waals surface area contributed by atoms with Crippen molar-refractivity contribution >= 4 is 19.7 Å². The van der Waals surface area contributed by atoms with Gasteiger partial charge < -0.3 is 19.4 Å². The summed E-state index contributed by atoms with van der Waals surface area (Å²) in [5.74, 6) is -0.552. The van der Waals surface area contributed by atoms with Crippen molar-refractivity contribution in [1.82, 2.24) is 5.32 Å². The number of phosphoric acid groups is 1. The van der Waals surface area contributed by atoms with E-state index in [0.29, 0.717) is 23.9 Å². The predicted octanol–water partition coefficient (Wildman–Crippen LogP) is 17.4. The number of carbonyl (C=O) groups is 2. The van der Waals surface area contributed by atoms with E-state index in [-0.39, 0.29) is 31.5 Å². The number of phosphoric ester groups is 1. The molecule has 3 unspecified atom stereocenters. The number of nitrogens with one attached hydrogen (secondary N) is 1. The highest BCUT2D eigenvalue weighted by atomic mass is 31.2. The summed E-state index contributed by atoms with van der Waals surface area (Å²) in [5, 5.41) is 3.03. The van der Waals surface area contributed by atoms with E-state index in [4.69, 9.17) is 13.8 Å². The molecule has 0 aromatic carbocycles. The molecule has 0 aliphatic heterocycles.